The van der Waals surface area contributed by atoms with Crippen molar-refractivity contribution in [1.29, 1.82) is 0 Å². The van der Waals surface area contributed by atoms with Gasteiger partial charge in [0.15, 0.2) is 0 Å². The average Bonchev–Trinajstić information content (AvgIpc) is 2.39. The van der Waals surface area contributed by atoms with Gasteiger partial charge in [-0.15, -0.1) is 6.58 Å². The quantitative estimate of drug-likeness (QED) is 0.713. The lowest BCUT2D eigenvalue weighted by atomic mass is 9.97. The number of nitrogens with zero attached hydrogens (tertiary/aromatic N) is 1. The first-order chi connectivity index (χ1) is 9.10. The first-order valence-corrected chi connectivity index (χ1v) is 5.96. The molecule has 0 bridgehead atoms. The van der Waals surface area contributed by atoms with Gasteiger partial charge in [0.25, 0.3) is 0 Å². The number of rotatable bonds is 7. The first-order valence-electron chi connectivity index (χ1n) is 5.96. The Morgan fingerprint density at radius 1 is 1.37 bits per heavy atom. The molecule has 1 aromatic rings. The van der Waals surface area contributed by atoms with Crippen molar-refractivity contribution in [1.82, 2.24) is 4.90 Å². The molecule has 5 heteroatoms. The average molecular weight is 262 g/mol. The van der Waals surface area contributed by atoms with Gasteiger partial charge in [-0.25, -0.2) is 0 Å². The van der Waals surface area contributed by atoms with Crippen molar-refractivity contribution in [3.63, 3.8) is 0 Å². The normalized spacial score (nSPS) is 11.6. The van der Waals surface area contributed by atoms with Gasteiger partial charge in [-0.3, -0.25) is 9.59 Å². The first kappa shape index (κ1) is 14.9. The van der Waals surface area contributed by atoms with Gasteiger partial charge in [-0.05, 0) is 5.56 Å². The van der Waals surface area contributed by atoms with Gasteiger partial charge in [0.2, 0.25) is 5.91 Å². The van der Waals surface area contributed by atoms with E-state index in [1.807, 2.05) is 30.3 Å². The summed E-state index contributed by atoms with van der Waals surface area (Å²) in [7, 11) is 0. The fraction of sp³-hybridized carbons (Fsp3) is 0.286. The summed E-state index contributed by atoms with van der Waals surface area (Å²) < 4.78 is 0. The van der Waals surface area contributed by atoms with Crippen molar-refractivity contribution < 1.29 is 14.7 Å². The largest absolute Gasteiger partial charge is 0.480 e. The van der Waals surface area contributed by atoms with E-state index >= 15 is 0 Å². The Morgan fingerprint density at radius 2 is 2.00 bits per heavy atom. The van der Waals surface area contributed by atoms with Crippen LogP contribution in [0.3, 0.4) is 0 Å². The van der Waals surface area contributed by atoms with E-state index in [4.69, 9.17) is 10.8 Å². The van der Waals surface area contributed by atoms with Crippen LogP contribution in [0.5, 0.6) is 0 Å². The molecule has 0 spiro atoms. The highest BCUT2D eigenvalue weighted by Crippen LogP contribution is 2.17. The molecule has 0 saturated carbocycles. The summed E-state index contributed by atoms with van der Waals surface area (Å²) in [6.45, 7) is 3.50. The molecule has 0 aromatic heterocycles. The molecule has 3 N–H and O–H groups in total. The van der Waals surface area contributed by atoms with Crippen LogP contribution in [0.25, 0.3) is 0 Å². The molecule has 1 unspecified atom stereocenters. The molecule has 0 aliphatic rings. The van der Waals surface area contributed by atoms with Gasteiger partial charge in [-0.1, -0.05) is 36.4 Å². The highest BCUT2D eigenvalue weighted by molar-refractivity contribution is 5.87. The molecule has 1 aromatic carbocycles. The summed E-state index contributed by atoms with van der Waals surface area (Å²) in [5, 5.41) is 8.83. The predicted molar refractivity (Wildman–Crippen MR) is 72.7 cm³/mol. The molecule has 19 heavy (non-hydrogen) atoms. The second-order valence-electron chi connectivity index (χ2n) is 4.10. The molecular weight excluding hydrogens is 244 g/mol. The van der Waals surface area contributed by atoms with Crippen LogP contribution in [0.15, 0.2) is 43.0 Å². The van der Waals surface area contributed by atoms with E-state index in [-0.39, 0.29) is 25.5 Å². The third kappa shape index (κ3) is 4.22. The van der Waals surface area contributed by atoms with Crippen LogP contribution in [0, 0.1) is 0 Å². The maximum absolute atomic E-state index is 12.3. The number of carboxylic acid groups (broad SMARTS) is 1. The van der Waals surface area contributed by atoms with E-state index in [9.17, 15) is 9.59 Å². The van der Waals surface area contributed by atoms with Gasteiger partial charge in [-0.2, -0.15) is 0 Å². The zero-order valence-electron chi connectivity index (χ0n) is 10.7. The topological polar surface area (TPSA) is 83.6 Å². The number of carbonyl (C=O) groups is 2. The number of amides is 1. The van der Waals surface area contributed by atoms with Crippen molar-refractivity contribution in [2.24, 2.45) is 5.73 Å². The Morgan fingerprint density at radius 3 is 2.47 bits per heavy atom. The fourth-order valence-electron chi connectivity index (χ4n) is 1.84. The molecular formula is C14H18N2O3. The molecule has 1 atom stereocenters. The zero-order chi connectivity index (χ0) is 14.3. The summed E-state index contributed by atoms with van der Waals surface area (Å²) in [4.78, 5) is 24.3. The Hall–Kier alpha value is -2.14. The highest BCUT2D eigenvalue weighted by atomic mass is 16.4. The number of carboxylic acids is 1. The van der Waals surface area contributed by atoms with Crippen LogP contribution < -0.4 is 5.73 Å². The highest BCUT2D eigenvalue weighted by Gasteiger charge is 2.25. The number of carbonyl (C=O) groups excluding carboxylic acids is 1. The third-order valence-corrected chi connectivity index (χ3v) is 2.72. The summed E-state index contributed by atoms with van der Waals surface area (Å²) >= 11 is 0. The number of hydrogen-bond acceptors (Lipinski definition) is 3. The van der Waals surface area contributed by atoms with Crippen molar-refractivity contribution in [3.05, 3.63) is 48.6 Å². The molecule has 1 rings (SSSR count). The Kier molecular flexibility index (Phi) is 5.75. The van der Waals surface area contributed by atoms with Crippen LogP contribution in [0.1, 0.15) is 11.5 Å². The van der Waals surface area contributed by atoms with Crippen LogP contribution >= 0.6 is 0 Å². The molecule has 5 nitrogen and oxygen atoms in total. The summed E-state index contributed by atoms with van der Waals surface area (Å²) in [6.07, 6.45) is 1.50. The van der Waals surface area contributed by atoms with E-state index in [0.29, 0.717) is 0 Å². The number of hydrogen-bond donors (Lipinski definition) is 2. The van der Waals surface area contributed by atoms with Crippen molar-refractivity contribution in [2.45, 2.75) is 5.92 Å². The zero-order valence-corrected chi connectivity index (χ0v) is 10.7. The Balaban J connectivity index is 2.92. The molecule has 0 saturated heterocycles. The van der Waals surface area contributed by atoms with Crippen LogP contribution in [-0.4, -0.2) is 41.5 Å². The standard InChI is InChI=1S/C14H18N2O3/c1-2-8-16(10-13(17)18)14(19)12(9-15)11-6-4-3-5-7-11/h2-7,12H,1,8-10,15H2,(H,17,18). The fourth-order valence-corrected chi connectivity index (χ4v) is 1.84. The molecule has 102 valence electrons. The smallest absolute Gasteiger partial charge is 0.323 e. The lowest BCUT2D eigenvalue weighted by Gasteiger charge is -2.24. The number of aliphatic carboxylic acids is 1. The monoisotopic (exact) mass is 262 g/mol. The Bertz CT molecular complexity index is 445. The second-order valence-corrected chi connectivity index (χ2v) is 4.10. The number of nitrogens with two attached hydrogens (primary N) is 1. The number of benzene rings is 1. The lowest BCUT2D eigenvalue weighted by molar-refractivity contribution is -0.144. The minimum Gasteiger partial charge on any atom is -0.480 e. The minimum absolute atomic E-state index is 0.135. The minimum atomic E-state index is -1.06. The summed E-state index contributed by atoms with van der Waals surface area (Å²) in [5.41, 5.74) is 6.44. The molecule has 1 amide bonds. The van der Waals surface area contributed by atoms with Gasteiger partial charge >= 0.3 is 5.97 Å². The molecule has 0 aliphatic heterocycles. The van der Waals surface area contributed by atoms with E-state index in [2.05, 4.69) is 6.58 Å². The van der Waals surface area contributed by atoms with Gasteiger partial charge in [0.05, 0.1) is 5.92 Å². The van der Waals surface area contributed by atoms with Gasteiger partial charge < -0.3 is 15.7 Å². The van der Waals surface area contributed by atoms with Crippen LogP contribution in [0.4, 0.5) is 0 Å². The predicted octanol–water partition coefficient (Wildman–Crippen LogP) is 0.828. The molecule has 0 fully saturated rings. The van der Waals surface area contributed by atoms with E-state index in [0.717, 1.165) is 5.56 Å². The van der Waals surface area contributed by atoms with Gasteiger partial charge in [0, 0.05) is 13.1 Å². The summed E-state index contributed by atoms with van der Waals surface area (Å²) in [6, 6.07) is 9.10. The Labute approximate surface area is 112 Å². The van der Waals surface area contributed by atoms with E-state index in [1.54, 1.807) is 0 Å². The van der Waals surface area contributed by atoms with Crippen LogP contribution in [0.2, 0.25) is 0 Å². The van der Waals surface area contributed by atoms with Crippen molar-refractivity contribution in [2.75, 3.05) is 19.6 Å². The lowest BCUT2D eigenvalue weighted by Crippen LogP contribution is -2.41. The molecule has 0 radical (unpaired) electrons. The van der Waals surface area contributed by atoms with Crippen LogP contribution in [-0.2, 0) is 9.59 Å². The van der Waals surface area contributed by atoms with E-state index < -0.39 is 11.9 Å². The van der Waals surface area contributed by atoms with E-state index in [1.165, 1.54) is 11.0 Å². The molecule has 0 heterocycles. The maximum Gasteiger partial charge on any atom is 0.323 e. The van der Waals surface area contributed by atoms with Crippen molar-refractivity contribution in [3.8, 4) is 0 Å². The third-order valence-electron chi connectivity index (χ3n) is 2.72. The summed E-state index contributed by atoms with van der Waals surface area (Å²) in [5.74, 6) is -1.88. The maximum atomic E-state index is 12.3. The van der Waals surface area contributed by atoms with Gasteiger partial charge in [0.1, 0.15) is 6.54 Å². The van der Waals surface area contributed by atoms with Crippen molar-refractivity contribution >= 4 is 11.9 Å². The molecule has 0 aliphatic carbocycles. The SMILES string of the molecule is C=CCN(CC(=O)O)C(=O)C(CN)c1ccccc1. The second kappa shape index (κ2) is 7.33.